The number of benzene rings is 2. The minimum absolute atomic E-state index is 0.00398. The SMILES string of the molecule is O=[N+]([O-])c1c(NCc2ccccc2OC(F)F)ncnc1N1CCc2c([nH]c3ccccc23)C1. The Bertz CT molecular complexity index is 1360. The summed E-state index contributed by atoms with van der Waals surface area (Å²) in [6.45, 7) is -1.98. The molecule has 0 spiro atoms. The number of hydrogen-bond acceptors (Lipinski definition) is 7. The highest BCUT2D eigenvalue weighted by molar-refractivity contribution is 5.85. The number of nitrogens with zero attached hydrogens (tertiary/aromatic N) is 4. The molecule has 3 heterocycles. The quantitative estimate of drug-likeness (QED) is 0.302. The third-order valence-corrected chi connectivity index (χ3v) is 5.80. The van der Waals surface area contributed by atoms with Gasteiger partial charge in [-0.15, -0.1) is 0 Å². The number of ether oxygens (including phenoxy) is 1. The van der Waals surface area contributed by atoms with E-state index in [2.05, 4.69) is 31.1 Å². The molecule has 0 saturated carbocycles. The molecule has 0 amide bonds. The molecule has 2 aromatic heterocycles. The molecule has 11 heteroatoms. The lowest BCUT2D eigenvalue weighted by Crippen LogP contribution is -2.31. The Kier molecular flexibility index (Phi) is 5.66. The molecular weight excluding hydrogens is 446 g/mol. The van der Waals surface area contributed by atoms with Crippen molar-refractivity contribution >= 4 is 28.2 Å². The van der Waals surface area contributed by atoms with Crippen LogP contribution in [0.5, 0.6) is 5.75 Å². The van der Waals surface area contributed by atoms with Crippen molar-refractivity contribution in [3.8, 4) is 5.75 Å². The number of rotatable bonds is 7. The van der Waals surface area contributed by atoms with Gasteiger partial charge in [-0.25, -0.2) is 9.97 Å². The van der Waals surface area contributed by atoms with Crippen LogP contribution >= 0.6 is 0 Å². The molecule has 0 aliphatic carbocycles. The minimum atomic E-state index is -2.98. The smallest absolute Gasteiger partial charge is 0.387 e. The zero-order valence-electron chi connectivity index (χ0n) is 17.9. The molecule has 0 saturated heterocycles. The van der Waals surface area contributed by atoms with Crippen molar-refractivity contribution in [2.75, 3.05) is 16.8 Å². The van der Waals surface area contributed by atoms with Crippen molar-refractivity contribution in [2.45, 2.75) is 26.1 Å². The van der Waals surface area contributed by atoms with Gasteiger partial charge >= 0.3 is 12.3 Å². The number of nitro groups is 1. The van der Waals surface area contributed by atoms with Crippen molar-refractivity contribution in [3.05, 3.63) is 81.8 Å². The van der Waals surface area contributed by atoms with Gasteiger partial charge in [0.2, 0.25) is 11.6 Å². The van der Waals surface area contributed by atoms with Crippen molar-refractivity contribution in [2.24, 2.45) is 0 Å². The number of para-hydroxylation sites is 2. The van der Waals surface area contributed by atoms with E-state index in [1.54, 1.807) is 18.2 Å². The van der Waals surface area contributed by atoms with Crippen LogP contribution in [0.1, 0.15) is 16.8 Å². The zero-order chi connectivity index (χ0) is 23.7. The maximum atomic E-state index is 12.7. The Morgan fingerprint density at radius 3 is 2.79 bits per heavy atom. The van der Waals surface area contributed by atoms with E-state index in [-0.39, 0.29) is 29.6 Å². The molecule has 2 N–H and O–H groups in total. The first kappa shape index (κ1) is 21.6. The van der Waals surface area contributed by atoms with Crippen LogP contribution in [0.4, 0.5) is 26.1 Å². The van der Waals surface area contributed by atoms with Crippen LogP contribution < -0.4 is 15.0 Å². The average molecular weight is 466 g/mol. The van der Waals surface area contributed by atoms with Gasteiger partial charge < -0.3 is 19.9 Å². The Morgan fingerprint density at radius 1 is 1.18 bits per heavy atom. The maximum Gasteiger partial charge on any atom is 0.387 e. The second kappa shape index (κ2) is 8.93. The summed E-state index contributed by atoms with van der Waals surface area (Å²) in [5.41, 5.74) is 3.37. The molecule has 1 aliphatic rings. The lowest BCUT2D eigenvalue weighted by Gasteiger charge is -2.28. The minimum Gasteiger partial charge on any atom is -0.434 e. The molecule has 2 aromatic carbocycles. The van der Waals surface area contributed by atoms with Crippen LogP contribution in [0.2, 0.25) is 0 Å². The van der Waals surface area contributed by atoms with Gasteiger partial charge in [0.15, 0.2) is 0 Å². The van der Waals surface area contributed by atoms with E-state index in [4.69, 9.17) is 0 Å². The number of halogens is 2. The van der Waals surface area contributed by atoms with Gasteiger partial charge in [0, 0.05) is 35.2 Å². The van der Waals surface area contributed by atoms with Gasteiger partial charge in [0.1, 0.15) is 12.1 Å². The molecule has 0 bridgehead atoms. The molecule has 4 aromatic rings. The number of anilines is 2. The maximum absolute atomic E-state index is 12.7. The number of fused-ring (bicyclic) bond motifs is 3. The van der Waals surface area contributed by atoms with Gasteiger partial charge in [0.05, 0.1) is 11.5 Å². The summed E-state index contributed by atoms with van der Waals surface area (Å²) in [6.07, 6.45) is 1.97. The molecule has 174 valence electrons. The van der Waals surface area contributed by atoms with Crippen molar-refractivity contribution in [1.29, 1.82) is 0 Å². The van der Waals surface area contributed by atoms with Gasteiger partial charge in [-0.05, 0) is 24.1 Å². The Balaban J connectivity index is 1.42. The fourth-order valence-corrected chi connectivity index (χ4v) is 4.31. The highest BCUT2D eigenvalue weighted by Gasteiger charge is 2.30. The van der Waals surface area contributed by atoms with Crippen molar-refractivity contribution < 1.29 is 18.4 Å². The molecule has 0 fully saturated rings. The van der Waals surface area contributed by atoms with E-state index in [0.29, 0.717) is 25.1 Å². The molecular formula is C23H20F2N6O3. The highest BCUT2D eigenvalue weighted by atomic mass is 19.3. The fraction of sp³-hybridized carbons (Fsp3) is 0.217. The molecule has 5 rings (SSSR count). The van der Waals surface area contributed by atoms with E-state index in [1.165, 1.54) is 18.0 Å². The number of alkyl halides is 2. The van der Waals surface area contributed by atoms with Gasteiger partial charge in [-0.3, -0.25) is 10.1 Å². The Morgan fingerprint density at radius 2 is 1.97 bits per heavy atom. The molecule has 34 heavy (non-hydrogen) atoms. The van der Waals surface area contributed by atoms with E-state index < -0.39 is 11.5 Å². The number of aromatic nitrogens is 3. The first-order valence-electron chi connectivity index (χ1n) is 10.6. The van der Waals surface area contributed by atoms with E-state index >= 15 is 0 Å². The largest absolute Gasteiger partial charge is 0.434 e. The first-order chi connectivity index (χ1) is 16.5. The zero-order valence-corrected chi connectivity index (χ0v) is 17.9. The van der Waals surface area contributed by atoms with Gasteiger partial charge in [-0.1, -0.05) is 36.4 Å². The third kappa shape index (κ3) is 4.07. The molecule has 0 atom stereocenters. The lowest BCUT2D eigenvalue weighted by molar-refractivity contribution is -0.383. The second-order valence-electron chi connectivity index (χ2n) is 7.79. The Labute approximate surface area is 192 Å². The van der Waals surface area contributed by atoms with Crippen LogP contribution in [0.15, 0.2) is 54.9 Å². The summed E-state index contributed by atoms with van der Waals surface area (Å²) in [5.74, 6) is 0.192. The summed E-state index contributed by atoms with van der Waals surface area (Å²) < 4.78 is 29.9. The highest BCUT2D eigenvalue weighted by Crippen LogP contribution is 2.36. The van der Waals surface area contributed by atoms with Crippen molar-refractivity contribution in [3.63, 3.8) is 0 Å². The average Bonchev–Trinajstić information content (AvgIpc) is 3.20. The summed E-state index contributed by atoms with van der Waals surface area (Å²) in [4.78, 5) is 25.0. The third-order valence-electron chi connectivity index (χ3n) is 5.80. The number of aromatic amines is 1. The summed E-state index contributed by atoms with van der Waals surface area (Å²) in [6, 6.07) is 14.3. The van der Waals surface area contributed by atoms with Crippen LogP contribution in [-0.4, -0.2) is 33.0 Å². The monoisotopic (exact) mass is 466 g/mol. The van der Waals surface area contributed by atoms with Gasteiger partial charge in [-0.2, -0.15) is 8.78 Å². The number of nitrogens with one attached hydrogen (secondary N) is 2. The second-order valence-corrected chi connectivity index (χ2v) is 7.79. The Hall–Kier alpha value is -4.28. The number of H-pyrrole nitrogens is 1. The summed E-state index contributed by atoms with van der Waals surface area (Å²) in [5, 5.41) is 16.1. The van der Waals surface area contributed by atoms with Crippen LogP contribution in [-0.2, 0) is 19.5 Å². The molecule has 9 nitrogen and oxygen atoms in total. The standard InChI is InChI=1S/C23H20F2N6O3/c24-23(25)34-19-8-4-1-5-14(19)11-26-21-20(31(32)33)22(28-13-27-21)30-10-9-16-15-6-2-3-7-17(15)29-18(16)12-30/h1-8,13,23,29H,9-12H2,(H,26,27,28). The van der Waals surface area contributed by atoms with Crippen LogP contribution in [0.25, 0.3) is 10.9 Å². The van der Waals surface area contributed by atoms with Gasteiger partial charge in [0.25, 0.3) is 0 Å². The van der Waals surface area contributed by atoms with E-state index in [9.17, 15) is 18.9 Å². The molecule has 1 aliphatic heterocycles. The summed E-state index contributed by atoms with van der Waals surface area (Å²) >= 11 is 0. The predicted octanol–water partition coefficient (Wildman–Crippen LogP) is 4.64. The van der Waals surface area contributed by atoms with Crippen LogP contribution in [0, 0.1) is 10.1 Å². The molecule has 0 unspecified atom stereocenters. The number of hydrogen-bond donors (Lipinski definition) is 2. The van der Waals surface area contributed by atoms with E-state index in [0.717, 1.165) is 16.6 Å². The lowest BCUT2D eigenvalue weighted by atomic mass is 10.0. The normalized spacial score (nSPS) is 13.2. The topological polar surface area (TPSA) is 109 Å². The molecule has 0 radical (unpaired) electrons. The fourth-order valence-electron chi connectivity index (χ4n) is 4.31. The summed E-state index contributed by atoms with van der Waals surface area (Å²) in [7, 11) is 0. The van der Waals surface area contributed by atoms with E-state index in [1.807, 2.05) is 23.1 Å². The predicted molar refractivity (Wildman–Crippen MR) is 122 cm³/mol. The first-order valence-corrected chi connectivity index (χ1v) is 10.6. The van der Waals surface area contributed by atoms with Crippen LogP contribution in [0.3, 0.4) is 0 Å². The van der Waals surface area contributed by atoms with Crippen molar-refractivity contribution in [1.82, 2.24) is 15.0 Å².